The Morgan fingerprint density at radius 3 is 2.62 bits per heavy atom. The molecule has 0 amide bonds. The molecular formula is C16H20N2O2S. The summed E-state index contributed by atoms with van der Waals surface area (Å²) in [4.78, 5) is 12.9. The summed E-state index contributed by atoms with van der Waals surface area (Å²) in [5, 5.41) is 21.3. The van der Waals surface area contributed by atoms with Gasteiger partial charge in [-0.25, -0.2) is 0 Å². The van der Waals surface area contributed by atoms with Gasteiger partial charge in [0.15, 0.2) is 0 Å². The molecule has 0 saturated heterocycles. The van der Waals surface area contributed by atoms with Crippen molar-refractivity contribution in [2.45, 2.75) is 33.1 Å². The number of carbonyl (C=O) groups is 1. The minimum Gasteiger partial charge on any atom is -0.481 e. The summed E-state index contributed by atoms with van der Waals surface area (Å²) in [5.74, 6) is 1.12. The molecule has 4 nitrogen and oxygen atoms in total. The first-order chi connectivity index (χ1) is 9.72. The van der Waals surface area contributed by atoms with Crippen LogP contribution in [-0.2, 0) is 10.2 Å². The number of hydrogen-bond donors (Lipinski definition) is 1. The second-order valence-electron chi connectivity index (χ2n) is 6.02. The van der Waals surface area contributed by atoms with Gasteiger partial charge >= 0.3 is 5.97 Å². The molecule has 1 rings (SSSR count). The summed E-state index contributed by atoms with van der Waals surface area (Å²) in [6, 6.07) is 2.24. The van der Waals surface area contributed by atoms with Gasteiger partial charge in [0.05, 0.1) is 18.0 Å². The molecule has 0 aliphatic heterocycles. The SMILES string of the molecule is C#CCN(CC(C)C(=O)O)c1scc(C(C)(C)C)c1C#N. The molecule has 21 heavy (non-hydrogen) atoms. The molecule has 112 valence electrons. The van der Waals surface area contributed by atoms with Gasteiger partial charge in [-0.3, -0.25) is 4.79 Å². The molecule has 1 atom stereocenters. The fourth-order valence-electron chi connectivity index (χ4n) is 1.98. The summed E-state index contributed by atoms with van der Waals surface area (Å²) < 4.78 is 0. The molecule has 1 aromatic heterocycles. The third-order valence-electron chi connectivity index (χ3n) is 3.18. The fourth-order valence-corrected chi connectivity index (χ4v) is 3.24. The number of aliphatic carboxylic acids is 1. The van der Waals surface area contributed by atoms with Crippen molar-refractivity contribution in [1.82, 2.24) is 0 Å². The third-order valence-corrected chi connectivity index (χ3v) is 4.22. The van der Waals surface area contributed by atoms with E-state index in [9.17, 15) is 10.1 Å². The molecule has 0 spiro atoms. The monoisotopic (exact) mass is 304 g/mol. The number of terminal acetylenes is 1. The Hall–Kier alpha value is -1.98. The van der Waals surface area contributed by atoms with Crippen LogP contribution in [0.2, 0.25) is 0 Å². The smallest absolute Gasteiger partial charge is 0.308 e. The number of rotatable bonds is 5. The average molecular weight is 304 g/mol. The van der Waals surface area contributed by atoms with Crippen molar-refractivity contribution in [2.75, 3.05) is 18.0 Å². The van der Waals surface area contributed by atoms with E-state index in [-0.39, 0.29) is 18.5 Å². The maximum Gasteiger partial charge on any atom is 0.308 e. The van der Waals surface area contributed by atoms with Crippen molar-refractivity contribution in [2.24, 2.45) is 5.92 Å². The summed E-state index contributed by atoms with van der Waals surface area (Å²) in [7, 11) is 0. The Bertz CT molecular complexity index is 599. The molecule has 0 bridgehead atoms. The van der Waals surface area contributed by atoms with Crippen molar-refractivity contribution < 1.29 is 9.90 Å². The van der Waals surface area contributed by atoms with Crippen LogP contribution < -0.4 is 4.90 Å². The van der Waals surface area contributed by atoms with E-state index in [2.05, 4.69) is 12.0 Å². The molecule has 0 radical (unpaired) electrons. The Balaban J connectivity index is 3.22. The first-order valence-corrected chi connectivity index (χ1v) is 7.53. The van der Waals surface area contributed by atoms with Crippen LogP contribution >= 0.6 is 11.3 Å². The van der Waals surface area contributed by atoms with E-state index in [1.807, 2.05) is 26.2 Å². The van der Waals surface area contributed by atoms with Crippen LogP contribution in [0, 0.1) is 29.6 Å². The van der Waals surface area contributed by atoms with Crippen LogP contribution in [0.25, 0.3) is 0 Å². The lowest BCUT2D eigenvalue weighted by atomic mass is 9.86. The lowest BCUT2D eigenvalue weighted by Gasteiger charge is -2.24. The van der Waals surface area contributed by atoms with E-state index >= 15 is 0 Å². The summed E-state index contributed by atoms with van der Waals surface area (Å²) in [5.41, 5.74) is 1.43. The number of carboxylic acids is 1. The molecule has 1 N–H and O–H groups in total. The van der Waals surface area contributed by atoms with Gasteiger partial charge in [0, 0.05) is 6.54 Å². The molecule has 1 heterocycles. The Labute approximate surface area is 130 Å². The van der Waals surface area contributed by atoms with E-state index in [4.69, 9.17) is 11.5 Å². The zero-order valence-corrected chi connectivity index (χ0v) is 13.6. The van der Waals surface area contributed by atoms with Crippen LogP contribution in [-0.4, -0.2) is 24.2 Å². The van der Waals surface area contributed by atoms with E-state index in [0.717, 1.165) is 10.6 Å². The number of anilines is 1. The van der Waals surface area contributed by atoms with Crippen molar-refractivity contribution in [3.63, 3.8) is 0 Å². The Morgan fingerprint density at radius 2 is 2.19 bits per heavy atom. The molecule has 0 aliphatic carbocycles. The van der Waals surface area contributed by atoms with Crippen molar-refractivity contribution in [3.05, 3.63) is 16.5 Å². The third kappa shape index (κ3) is 4.00. The van der Waals surface area contributed by atoms with E-state index < -0.39 is 11.9 Å². The zero-order valence-electron chi connectivity index (χ0n) is 12.8. The quantitative estimate of drug-likeness (QED) is 0.849. The number of hydrogen-bond acceptors (Lipinski definition) is 4. The lowest BCUT2D eigenvalue weighted by Crippen LogP contribution is -2.32. The van der Waals surface area contributed by atoms with Gasteiger partial charge in [0.1, 0.15) is 11.1 Å². The fraction of sp³-hybridized carbons (Fsp3) is 0.500. The topological polar surface area (TPSA) is 64.3 Å². The highest BCUT2D eigenvalue weighted by atomic mass is 32.1. The molecule has 0 fully saturated rings. The number of carboxylic acid groups (broad SMARTS) is 1. The highest BCUT2D eigenvalue weighted by Crippen LogP contribution is 2.37. The normalized spacial score (nSPS) is 12.3. The summed E-state index contributed by atoms with van der Waals surface area (Å²) in [6.07, 6.45) is 5.39. The van der Waals surface area contributed by atoms with Gasteiger partial charge in [-0.1, -0.05) is 33.6 Å². The molecule has 0 aliphatic rings. The standard InChI is InChI=1S/C16H20N2O2S/c1-6-7-18(9-11(2)15(19)20)14-12(8-17)13(10-21-14)16(3,4)5/h1,10-11H,7,9H2,2-5H3,(H,19,20). The van der Waals surface area contributed by atoms with Crippen LogP contribution in [0.15, 0.2) is 5.38 Å². The Kier molecular flexibility index (Phi) is 5.41. The van der Waals surface area contributed by atoms with Gasteiger partial charge in [0.2, 0.25) is 0 Å². The van der Waals surface area contributed by atoms with Crippen LogP contribution in [0.4, 0.5) is 5.00 Å². The maximum absolute atomic E-state index is 11.0. The van der Waals surface area contributed by atoms with E-state index in [1.165, 1.54) is 11.3 Å². The maximum atomic E-state index is 11.0. The van der Waals surface area contributed by atoms with E-state index in [1.54, 1.807) is 11.8 Å². The minimum absolute atomic E-state index is 0.139. The first kappa shape index (κ1) is 17.1. The summed E-state index contributed by atoms with van der Waals surface area (Å²) >= 11 is 1.44. The average Bonchev–Trinajstić information content (AvgIpc) is 2.81. The highest BCUT2D eigenvalue weighted by Gasteiger charge is 2.26. The largest absolute Gasteiger partial charge is 0.481 e. The number of nitriles is 1. The van der Waals surface area contributed by atoms with Crippen LogP contribution in [0.5, 0.6) is 0 Å². The second kappa shape index (κ2) is 6.65. The van der Waals surface area contributed by atoms with Crippen molar-refractivity contribution in [1.29, 1.82) is 5.26 Å². The zero-order chi connectivity index (χ0) is 16.2. The van der Waals surface area contributed by atoms with Crippen molar-refractivity contribution in [3.8, 4) is 18.4 Å². The second-order valence-corrected chi connectivity index (χ2v) is 6.87. The molecule has 0 aromatic carbocycles. The number of nitrogens with zero attached hydrogens (tertiary/aromatic N) is 2. The van der Waals surface area contributed by atoms with Crippen molar-refractivity contribution >= 4 is 22.3 Å². The molecule has 0 saturated carbocycles. The lowest BCUT2D eigenvalue weighted by molar-refractivity contribution is -0.140. The van der Waals surface area contributed by atoms with Gasteiger partial charge in [-0.2, -0.15) is 5.26 Å². The van der Waals surface area contributed by atoms with Crippen LogP contribution in [0.1, 0.15) is 38.8 Å². The molecule has 1 unspecified atom stereocenters. The van der Waals surface area contributed by atoms with E-state index in [0.29, 0.717) is 5.56 Å². The van der Waals surface area contributed by atoms with Gasteiger partial charge in [0.25, 0.3) is 0 Å². The number of thiophene rings is 1. The predicted molar refractivity (Wildman–Crippen MR) is 85.6 cm³/mol. The highest BCUT2D eigenvalue weighted by molar-refractivity contribution is 7.14. The van der Waals surface area contributed by atoms with Gasteiger partial charge in [-0.15, -0.1) is 17.8 Å². The molecular weight excluding hydrogens is 284 g/mol. The van der Waals surface area contributed by atoms with Crippen LogP contribution in [0.3, 0.4) is 0 Å². The Morgan fingerprint density at radius 1 is 1.57 bits per heavy atom. The summed E-state index contributed by atoms with van der Waals surface area (Å²) in [6.45, 7) is 8.35. The molecule has 1 aromatic rings. The molecule has 5 heteroatoms. The van der Waals surface area contributed by atoms with Gasteiger partial charge in [-0.05, 0) is 16.4 Å². The van der Waals surface area contributed by atoms with Gasteiger partial charge < -0.3 is 10.0 Å². The first-order valence-electron chi connectivity index (χ1n) is 6.65. The predicted octanol–water partition coefficient (Wildman–Crippen LogP) is 3.08. The minimum atomic E-state index is -0.872.